The Morgan fingerprint density at radius 3 is 3.00 bits per heavy atom. The molecule has 0 fully saturated rings. The van der Waals surface area contributed by atoms with Gasteiger partial charge in [0.2, 0.25) is 0 Å². The summed E-state index contributed by atoms with van der Waals surface area (Å²) in [4.78, 5) is 12.7. The minimum Gasteiger partial charge on any atom is -0.492 e. The molecule has 0 spiro atoms. The van der Waals surface area contributed by atoms with Gasteiger partial charge in [-0.2, -0.15) is 5.10 Å². The summed E-state index contributed by atoms with van der Waals surface area (Å²) >= 11 is 0. The van der Waals surface area contributed by atoms with Gasteiger partial charge in [0.1, 0.15) is 18.2 Å². The molecule has 0 aliphatic carbocycles. The Kier molecular flexibility index (Phi) is 4.41. The van der Waals surface area contributed by atoms with Crippen molar-refractivity contribution >= 4 is 11.7 Å². The molecule has 2 heterocycles. The molecule has 1 aliphatic rings. The fraction of sp³-hybridized carbons (Fsp3) is 0.200. The van der Waals surface area contributed by atoms with Crippen molar-refractivity contribution < 1.29 is 9.53 Å². The van der Waals surface area contributed by atoms with Crippen LogP contribution in [-0.4, -0.2) is 28.8 Å². The highest BCUT2D eigenvalue weighted by Crippen LogP contribution is 2.23. The van der Waals surface area contributed by atoms with Crippen molar-refractivity contribution in [1.29, 1.82) is 0 Å². The number of para-hydroxylation sites is 1. The summed E-state index contributed by atoms with van der Waals surface area (Å²) in [5.74, 6) is 1.20. The predicted molar refractivity (Wildman–Crippen MR) is 99.9 cm³/mol. The fourth-order valence-corrected chi connectivity index (χ4v) is 3.01. The van der Waals surface area contributed by atoms with E-state index in [4.69, 9.17) is 4.74 Å². The minimum atomic E-state index is -0.191. The smallest absolute Gasteiger partial charge is 0.256 e. The molecule has 1 aromatic heterocycles. The number of amides is 1. The zero-order chi connectivity index (χ0) is 17.9. The quantitative estimate of drug-likeness (QED) is 0.764. The number of fused-ring (bicyclic) bond motifs is 1. The van der Waals surface area contributed by atoms with Crippen LogP contribution in [0.25, 0.3) is 5.69 Å². The van der Waals surface area contributed by atoms with Crippen molar-refractivity contribution in [2.75, 3.05) is 18.5 Å². The molecule has 1 amide bonds. The second-order valence-electron chi connectivity index (χ2n) is 6.22. The lowest BCUT2D eigenvalue weighted by Gasteiger charge is -2.12. The van der Waals surface area contributed by atoms with Gasteiger partial charge in [0.15, 0.2) is 0 Å². The molecule has 1 aliphatic heterocycles. The van der Waals surface area contributed by atoms with Crippen LogP contribution in [0.1, 0.15) is 21.5 Å². The molecule has 6 heteroatoms. The molecular weight excluding hydrogens is 328 g/mol. The van der Waals surface area contributed by atoms with Crippen molar-refractivity contribution in [2.45, 2.75) is 13.5 Å². The highest BCUT2D eigenvalue weighted by molar-refractivity contribution is 6.04. The maximum absolute atomic E-state index is 12.7. The largest absolute Gasteiger partial charge is 0.492 e. The van der Waals surface area contributed by atoms with Gasteiger partial charge in [0.25, 0.3) is 5.91 Å². The topological polar surface area (TPSA) is 68.2 Å². The monoisotopic (exact) mass is 348 g/mol. The van der Waals surface area contributed by atoms with Crippen LogP contribution in [0.15, 0.2) is 54.7 Å². The molecule has 132 valence electrons. The van der Waals surface area contributed by atoms with Crippen molar-refractivity contribution in [3.05, 3.63) is 71.4 Å². The zero-order valence-corrected chi connectivity index (χ0v) is 14.5. The van der Waals surface area contributed by atoms with Crippen LogP contribution < -0.4 is 15.4 Å². The molecule has 6 nitrogen and oxygen atoms in total. The SMILES string of the molecule is Cc1ccccc1-n1nccc1NC(=O)c1ccc2c(c1)OCCNC2. The summed E-state index contributed by atoms with van der Waals surface area (Å²) in [5, 5.41) is 10.6. The molecule has 0 unspecified atom stereocenters. The number of hydrogen-bond donors (Lipinski definition) is 2. The molecule has 3 aromatic rings. The van der Waals surface area contributed by atoms with E-state index in [2.05, 4.69) is 15.7 Å². The van der Waals surface area contributed by atoms with E-state index in [0.29, 0.717) is 18.0 Å². The minimum absolute atomic E-state index is 0.191. The Hall–Kier alpha value is -3.12. The number of aryl methyl sites for hydroxylation is 1. The number of aromatic nitrogens is 2. The van der Waals surface area contributed by atoms with Crippen LogP contribution >= 0.6 is 0 Å². The second-order valence-corrected chi connectivity index (χ2v) is 6.22. The maximum Gasteiger partial charge on any atom is 0.256 e. The number of ether oxygens (including phenoxy) is 1. The summed E-state index contributed by atoms with van der Waals surface area (Å²) in [6.07, 6.45) is 1.67. The average molecular weight is 348 g/mol. The van der Waals surface area contributed by atoms with E-state index in [9.17, 15) is 4.79 Å². The van der Waals surface area contributed by atoms with Crippen molar-refractivity contribution in [3.8, 4) is 11.4 Å². The van der Waals surface area contributed by atoms with Gasteiger partial charge in [0, 0.05) is 30.3 Å². The summed E-state index contributed by atoms with van der Waals surface area (Å²) in [6.45, 7) is 4.15. The number of rotatable bonds is 3. The van der Waals surface area contributed by atoms with Crippen LogP contribution in [0.3, 0.4) is 0 Å². The van der Waals surface area contributed by atoms with Crippen LogP contribution in [0.5, 0.6) is 5.75 Å². The molecule has 0 radical (unpaired) electrons. The van der Waals surface area contributed by atoms with Crippen molar-refractivity contribution in [2.24, 2.45) is 0 Å². The lowest BCUT2D eigenvalue weighted by molar-refractivity contribution is 0.102. The molecule has 26 heavy (non-hydrogen) atoms. The standard InChI is InChI=1S/C20H20N4O2/c1-14-4-2-3-5-17(14)24-19(8-9-22-24)23-20(25)15-6-7-16-13-21-10-11-26-18(16)12-15/h2-9,12,21H,10-11,13H2,1H3,(H,23,25). The molecule has 4 rings (SSSR count). The van der Waals surface area contributed by atoms with Gasteiger partial charge in [-0.15, -0.1) is 0 Å². The Morgan fingerprint density at radius 2 is 2.12 bits per heavy atom. The van der Waals surface area contributed by atoms with Crippen LogP contribution in [0.2, 0.25) is 0 Å². The summed E-state index contributed by atoms with van der Waals surface area (Å²) < 4.78 is 7.46. The van der Waals surface area contributed by atoms with Gasteiger partial charge in [-0.25, -0.2) is 4.68 Å². The highest BCUT2D eigenvalue weighted by Gasteiger charge is 2.15. The van der Waals surface area contributed by atoms with Gasteiger partial charge in [-0.1, -0.05) is 24.3 Å². The number of nitrogens with one attached hydrogen (secondary N) is 2. The Bertz CT molecular complexity index is 948. The van der Waals surface area contributed by atoms with Gasteiger partial charge in [-0.05, 0) is 30.7 Å². The van der Waals surface area contributed by atoms with Gasteiger partial charge < -0.3 is 15.4 Å². The summed E-state index contributed by atoms with van der Waals surface area (Å²) in [6, 6.07) is 15.3. The van der Waals surface area contributed by atoms with Crippen LogP contribution in [-0.2, 0) is 6.54 Å². The van der Waals surface area contributed by atoms with E-state index in [1.807, 2.05) is 43.3 Å². The maximum atomic E-state index is 12.7. The number of hydrogen-bond acceptors (Lipinski definition) is 4. The summed E-state index contributed by atoms with van der Waals surface area (Å²) in [5.41, 5.74) is 3.63. The van der Waals surface area contributed by atoms with Gasteiger partial charge in [-0.3, -0.25) is 4.79 Å². The molecular formula is C20H20N4O2. The third kappa shape index (κ3) is 3.19. The van der Waals surface area contributed by atoms with Crippen LogP contribution in [0.4, 0.5) is 5.82 Å². The van der Waals surface area contributed by atoms with E-state index in [1.165, 1.54) is 0 Å². The fourth-order valence-electron chi connectivity index (χ4n) is 3.01. The van der Waals surface area contributed by atoms with E-state index < -0.39 is 0 Å². The van der Waals surface area contributed by atoms with Gasteiger partial charge >= 0.3 is 0 Å². The Morgan fingerprint density at radius 1 is 1.23 bits per heavy atom. The van der Waals surface area contributed by atoms with E-state index in [0.717, 1.165) is 35.7 Å². The lowest BCUT2D eigenvalue weighted by atomic mass is 10.1. The third-order valence-electron chi connectivity index (χ3n) is 4.41. The number of carbonyl (C=O) groups excluding carboxylic acids is 1. The Balaban J connectivity index is 1.59. The van der Waals surface area contributed by atoms with E-state index in [1.54, 1.807) is 23.0 Å². The first-order valence-corrected chi connectivity index (χ1v) is 8.60. The van der Waals surface area contributed by atoms with E-state index >= 15 is 0 Å². The summed E-state index contributed by atoms with van der Waals surface area (Å²) in [7, 11) is 0. The number of benzene rings is 2. The highest BCUT2D eigenvalue weighted by atomic mass is 16.5. The first-order chi connectivity index (χ1) is 12.7. The molecule has 0 bridgehead atoms. The Labute approximate surface area is 151 Å². The average Bonchev–Trinajstić information content (AvgIpc) is 2.97. The second kappa shape index (κ2) is 7.01. The van der Waals surface area contributed by atoms with E-state index in [-0.39, 0.29) is 5.91 Å². The molecule has 0 saturated carbocycles. The predicted octanol–water partition coefficient (Wildman–Crippen LogP) is 2.92. The normalized spacial score (nSPS) is 13.4. The van der Waals surface area contributed by atoms with Crippen molar-refractivity contribution in [3.63, 3.8) is 0 Å². The number of anilines is 1. The van der Waals surface area contributed by atoms with Crippen LogP contribution in [0, 0.1) is 6.92 Å². The van der Waals surface area contributed by atoms with Crippen molar-refractivity contribution in [1.82, 2.24) is 15.1 Å². The number of carbonyl (C=O) groups is 1. The molecule has 0 saturated heterocycles. The number of nitrogens with zero attached hydrogens (tertiary/aromatic N) is 2. The third-order valence-corrected chi connectivity index (χ3v) is 4.41. The first-order valence-electron chi connectivity index (χ1n) is 8.60. The molecule has 2 N–H and O–H groups in total. The zero-order valence-electron chi connectivity index (χ0n) is 14.5. The lowest BCUT2D eigenvalue weighted by Crippen LogP contribution is -2.16. The van der Waals surface area contributed by atoms with Gasteiger partial charge in [0.05, 0.1) is 11.9 Å². The molecule has 0 atom stereocenters. The first kappa shape index (κ1) is 16.4. The molecule has 2 aromatic carbocycles.